The molecule has 1 N–H and O–H groups in total. The van der Waals surface area contributed by atoms with Crippen molar-refractivity contribution in [2.45, 2.75) is 4.90 Å². The van der Waals surface area contributed by atoms with Crippen molar-refractivity contribution in [1.82, 2.24) is 9.97 Å². The lowest BCUT2D eigenvalue weighted by Gasteiger charge is -2.05. The van der Waals surface area contributed by atoms with Crippen molar-refractivity contribution in [2.75, 3.05) is 4.72 Å². The van der Waals surface area contributed by atoms with Crippen molar-refractivity contribution in [2.24, 2.45) is 0 Å². The molecule has 0 saturated carbocycles. The fraction of sp³-hybridized carbons (Fsp3) is 0. The summed E-state index contributed by atoms with van der Waals surface area (Å²) in [5, 5.41) is 8.57. The Morgan fingerprint density at radius 2 is 1.72 bits per heavy atom. The van der Waals surface area contributed by atoms with Crippen molar-refractivity contribution in [3.8, 4) is 6.07 Å². The summed E-state index contributed by atoms with van der Waals surface area (Å²) < 4.78 is 26.0. The molecule has 6 nitrogen and oxygen atoms in total. The van der Waals surface area contributed by atoms with Crippen molar-refractivity contribution in [1.29, 1.82) is 5.26 Å². The van der Waals surface area contributed by atoms with E-state index in [2.05, 4.69) is 14.7 Å². The highest BCUT2D eigenvalue weighted by Crippen LogP contribution is 2.11. The Morgan fingerprint density at radius 1 is 1.11 bits per heavy atom. The fourth-order valence-electron chi connectivity index (χ4n) is 1.22. The van der Waals surface area contributed by atoms with E-state index in [9.17, 15) is 8.42 Å². The molecule has 0 fully saturated rings. The number of hydrogen-bond acceptors (Lipinski definition) is 5. The molecule has 0 aliphatic rings. The number of aromatic nitrogens is 2. The Morgan fingerprint density at radius 3 is 2.28 bits per heavy atom. The fourth-order valence-corrected chi connectivity index (χ4v) is 2.20. The second-order valence-electron chi connectivity index (χ2n) is 3.33. The van der Waals surface area contributed by atoms with Crippen LogP contribution in [0.15, 0.2) is 47.6 Å². The van der Waals surface area contributed by atoms with Gasteiger partial charge in [0, 0.05) is 0 Å². The smallest absolute Gasteiger partial charge is 0.247 e. The van der Waals surface area contributed by atoms with Gasteiger partial charge in [-0.1, -0.05) is 18.2 Å². The van der Waals surface area contributed by atoms with Crippen LogP contribution in [0.25, 0.3) is 0 Å². The van der Waals surface area contributed by atoms with Gasteiger partial charge in [0.05, 0.1) is 22.9 Å². The van der Waals surface area contributed by atoms with Crippen LogP contribution in [-0.2, 0) is 10.0 Å². The van der Waals surface area contributed by atoms with Gasteiger partial charge < -0.3 is 0 Å². The number of nitriles is 1. The van der Waals surface area contributed by atoms with Gasteiger partial charge in [0.15, 0.2) is 0 Å². The quantitative estimate of drug-likeness (QED) is 0.893. The molecule has 0 saturated heterocycles. The first-order valence-corrected chi connectivity index (χ1v) is 6.40. The summed E-state index contributed by atoms with van der Waals surface area (Å²) in [6, 6.07) is 9.73. The first-order valence-electron chi connectivity index (χ1n) is 4.92. The van der Waals surface area contributed by atoms with Gasteiger partial charge in [-0.05, 0) is 12.1 Å². The molecule has 0 atom stereocenters. The van der Waals surface area contributed by atoms with Crippen LogP contribution >= 0.6 is 0 Å². The van der Waals surface area contributed by atoms with Crippen LogP contribution in [0.2, 0.25) is 0 Å². The molecule has 90 valence electrons. The Kier molecular flexibility index (Phi) is 3.21. The van der Waals surface area contributed by atoms with Crippen molar-refractivity contribution < 1.29 is 8.42 Å². The highest BCUT2D eigenvalue weighted by atomic mass is 32.2. The lowest BCUT2D eigenvalue weighted by atomic mass is 10.4. The lowest BCUT2D eigenvalue weighted by molar-refractivity contribution is 0.601. The van der Waals surface area contributed by atoms with E-state index in [1.54, 1.807) is 18.2 Å². The molecule has 7 heteroatoms. The van der Waals surface area contributed by atoms with Crippen LogP contribution < -0.4 is 4.72 Å². The Labute approximate surface area is 104 Å². The number of benzene rings is 1. The molecule has 0 spiro atoms. The summed E-state index contributed by atoms with van der Waals surface area (Å²) in [6.07, 6.45) is 2.49. The average Bonchev–Trinajstić information content (AvgIpc) is 2.40. The Balaban J connectivity index is 2.26. The normalized spacial score (nSPS) is 10.6. The lowest BCUT2D eigenvalue weighted by Crippen LogP contribution is -2.14. The maximum Gasteiger partial charge on any atom is 0.264 e. The minimum Gasteiger partial charge on any atom is -0.247 e. The third-order valence-electron chi connectivity index (χ3n) is 2.06. The minimum absolute atomic E-state index is 0.0714. The van der Waals surface area contributed by atoms with Crippen molar-refractivity contribution in [3.05, 3.63) is 48.3 Å². The second kappa shape index (κ2) is 4.81. The summed E-state index contributed by atoms with van der Waals surface area (Å²) in [4.78, 5) is 7.60. The topological polar surface area (TPSA) is 95.7 Å². The summed E-state index contributed by atoms with van der Waals surface area (Å²) >= 11 is 0. The van der Waals surface area contributed by atoms with E-state index in [-0.39, 0.29) is 16.4 Å². The first kappa shape index (κ1) is 12.0. The largest absolute Gasteiger partial charge is 0.264 e. The molecular weight excluding hydrogens is 252 g/mol. The third-order valence-corrected chi connectivity index (χ3v) is 3.40. The second-order valence-corrected chi connectivity index (χ2v) is 5.01. The van der Waals surface area contributed by atoms with E-state index in [4.69, 9.17) is 5.26 Å². The average molecular weight is 260 g/mol. The zero-order chi connectivity index (χ0) is 13.0. The maximum absolute atomic E-state index is 11.9. The van der Waals surface area contributed by atoms with Crippen LogP contribution in [0.4, 0.5) is 5.95 Å². The summed E-state index contributed by atoms with van der Waals surface area (Å²) in [5.41, 5.74) is 0.262. The molecule has 1 aromatic carbocycles. The Hall–Kier alpha value is -2.46. The molecule has 1 aromatic heterocycles. The van der Waals surface area contributed by atoms with Crippen molar-refractivity contribution >= 4 is 16.0 Å². The molecule has 0 radical (unpaired) electrons. The maximum atomic E-state index is 11.9. The van der Waals surface area contributed by atoms with Crippen LogP contribution in [0, 0.1) is 11.3 Å². The van der Waals surface area contributed by atoms with E-state index >= 15 is 0 Å². The zero-order valence-electron chi connectivity index (χ0n) is 9.11. The van der Waals surface area contributed by atoms with Gasteiger partial charge in [0.25, 0.3) is 10.0 Å². The number of anilines is 1. The third kappa shape index (κ3) is 2.61. The van der Waals surface area contributed by atoms with E-state index in [0.717, 1.165) is 0 Å². The predicted octanol–water partition coefficient (Wildman–Crippen LogP) is 1.15. The van der Waals surface area contributed by atoms with Gasteiger partial charge in [-0.25, -0.2) is 23.1 Å². The highest BCUT2D eigenvalue weighted by Gasteiger charge is 2.14. The van der Waals surface area contributed by atoms with Gasteiger partial charge in [-0.3, -0.25) is 0 Å². The Bertz CT molecular complexity index is 675. The first-order chi connectivity index (χ1) is 8.62. The van der Waals surface area contributed by atoms with Gasteiger partial charge in [0.1, 0.15) is 6.07 Å². The SMILES string of the molecule is N#Cc1cnc(NS(=O)(=O)c2ccccc2)nc1. The zero-order valence-corrected chi connectivity index (χ0v) is 9.92. The van der Waals surface area contributed by atoms with Crippen LogP contribution in [0.5, 0.6) is 0 Å². The predicted molar refractivity (Wildman–Crippen MR) is 64.0 cm³/mol. The van der Waals surface area contributed by atoms with Gasteiger partial charge in [-0.15, -0.1) is 0 Å². The minimum atomic E-state index is -3.69. The number of nitrogens with zero attached hydrogens (tertiary/aromatic N) is 3. The molecule has 2 rings (SSSR count). The van der Waals surface area contributed by atoms with Crippen molar-refractivity contribution in [3.63, 3.8) is 0 Å². The molecule has 0 bridgehead atoms. The summed E-state index contributed by atoms with van der Waals surface area (Å²) in [6.45, 7) is 0. The summed E-state index contributed by atoms with van der Waals surface area (Å²) in [7, 11) is -3.69. The standard InChI is InChI=1S/C11H8N4O2S/c12-6-9-7-13-11(14-8-9)15-18(16,17)10-4-2-1-3-5-10/h1-5,7-8H,(H,13,14,15). The van der Waals surface area contributed by atoms with E-state index in [1.807, 2.05) is 6.07 Å². The molecule has 0 amide bonds. The van der Waals surface area contributed by atoms with Crippen LogP contribution in [0.3, 0.4) is 0 Å². The van der Waals surface area contributed by atoms with Crippen LogP contribution in [-0.4, -0.2) is 18.4 Å². The molecule has 0 aliphatic carbocycles. The number of hydrogen-bond donors (Lipinski definition) is 1. The molecule has 0 unspecified atom stereocenters. The number of nitrogens with one attached hydrogen (secondary N) is 1. The molecule has 18 heavy (non-hydrogen) atoms. The molecule has 1 heterocycles. The number of sulfonamides is 1. The molecular formula is C11H8N4O2S. The van der Waals surface area contributed by atoms with Gasteiger partial charge in [0.2, 0.25) is 5.95 Å². The van der Waals surface area contributed by atoms with E-state index < -0.39 is 10.0 Å². The van der Waals surface area contributed by atoms with Gasteiger partial charge in [-0.2, -0.15) is 5.26 Å². The summed E-state index contributed by atoms with van der Waals surface area (Å²) in [5.74, 6) is -0.0714. The van der Waals surface area contributed by atoms with E-state index in [1.165, 1.54) is 24.5 Å². The highest BCUT2D eigenvalue weighted by molar-refractivity contribution is 7.92. The van der Waals surface area contributed by atoms with Crippen LogP contribution in [0.1, 0.15) is 5.56 Å². The van der Waals surface area contributed by atoms with E-state index in [0.29, 0.717) is 0 Å². The molecule has 2 aromatic rings. The monoisotopic (exact) mass is 260 g/mol. The molecule has 0 aliphatic heterocycles. The van der Waals surface area contributed by atoms with Gasteiger partial charge >= 0.3 is 0 Å². The number of rotatable bonds is 3.